The molecule has 0 unspecified atom stereocenters. The van der Waals surface area contributed by atoms with Gasteiger partial charge in [-0.3, -0.25) is 0 Å². The molecule has 124 valence electrons. The van der Waals surface area contributed by atoms with Crippen LogP contribution in [0.3, 0.4) is 0 Å². The van der Waals surface area contributed by atoms with Gasteiger partial charge in [-0.05, 0) is 38.5 Å². The van der Waals surface area contributed by atoms with Crippen molar-refractivity contribution in [3.63, 3.8) is 0 Å². The first-order valence-electron chi connectivity index (χ1n) is 8.32. The van der Waals surface area contributed by atoms with Gasteiger partial charge in [-0.2, -0.15) is 4.98 Å². The SMILES string of the molecule is Cc1noc([C@H]2CCCN(S(=O)(=O)CC3CCCCC3)C2)n1. The van der Waals surface area contributed by atoms with Gasteiger partial charge < -0.3 is 4.52 Å². The number of nitrogens with zero attached hydrogens (tertiary/aromatic N) is 3. The molecule has 0 radical (unpaired) electrons. The van der Waals surface area contributed by atoms with Gasteiger partial charge in [-0.1, -0.05) is 24.4 Å². The summed E-state index contributed by atoms with van der Waals surface area (Å²) in [7, 11) is -3.17. The van der Waals surface area contributed by atoms with E-state index in [0.29, 0.717) is 36.5 Å². The van der Waals surface area contributed by atoms with Crippen LogP contribution in [-0.4, -0.2) is 41.7 Å². The van der Waals surface area contributed by atoms with Crippen molar-refractivity contribution in [2.75, 3.05) is 18.8 Å². The molecule has 2 fully saturated rings. The van der Waals surface area contributed by atoms with Gasteiger partial charge in [0, 0.05) is 13.1 Å². The van der Waals surface area contributed by atoms with Crippen LogP contribution >= 0.6 is 0 Å². The maximum absolute atomic E-state index is 12.7. The van der Waals surface area contributed by atoms with Gasteiger partial charge in [0.1, 0.15) is 0 Å². The fourth-order valence-electron chi connectivity index (χ4n) is 3.63. The van der Waals surface area contributed by atoms with Crippen molar-refractivity contribution in [3.05, 3.63) is 11.7 Å². The van der Waals surface area contributed by atoms with E-state index in [1.54, 1.807) is 11.2 Å². The Balaban J connectivity index is 1.65. The maximum atomic E-state index is 12.7. The Bertz CT molecular complexity index is 593. The summed E-state index contributed by atoms with van der Waals surface area (Å²) >= 11 is 0. The summed E-state index contributed by atoms with van der Waals surface area (Å²) in [6.45, 7) is 2.89. The third-order valence-corrected chi connectivity index (χ3v) is 6.85. The molecule has 1 aromatic rings. The molecule has 1 aliphatic carbocycles. The van der Waals surface area contributed by atoms with E-state index >= 15 is 0 Å². The molecule has 0 aromatic carbocycles. The van der Waals surface area contributed by atoms with Gasteiger partial charge in [0.2, 0.25) is 15.9 Å². The Morgan fingerprint density at radius 1 is 1.18 bits per heavy atom. The molecule has 22 heavy (non-hydrogen) atoms. The summed E-state index contributed by atoms with van der Waals surface area (Å²) in [5, 5.41) is 3.82. The quantitative estimate of drug-likeness (QED) is 0.849. The summed E-state index contributed by atoms with van der Waals surface area (Å²) in [5.41, 5.74) is 0. The Morgan fingerprint density at radius 2 is 1.95 bits per heavy atom. The zero-order valence-corrected chi connectivity index (χ0v) is 14.0. The summed E-state index contributed by atoms with van der Waals surface area (Å²) in [4.78, 5) is 4.27. The first kappa shape index (κ1) is 15.9. The van der Waals surface area contributed by atoms with Crippen LogP contribution in [0.4, 0.5) is 0 Å². The van der Waals surface area contributed by atoms with Gasteiger partial charge in [-0.25, -0.2) is 12.7 Å². The van der Waals surface area contributed by atoms with E-state index in [-0.39, 0.29) is 5.92 Å². The van der Waals surface area contributed by atoms with Gasteiger partial charge in [0.05, 0.1) is 11.7 Å². The Kier molecular flexibility index (Phi) is 4.82. The molecule has 3 rings (SSSR count). The predicted molar refractivity (Wildman–Crippen MR) is 82.9 cm³/mol. The number of sulfonamides is 1. The summed E-state index contributed by atoms with van der Waals surface area (Å²) in [6.07, 6.45) is 7.47. The molecule has 1 aromatic heterocycles. The van der Waals surface area contributed by atoms with Gasteiger partial charge >= 0.3 is 0 Å². The minimum absolute atomic E-state index is 0.0380. The lowest BCUT2D eigenvalue weighted by atomic mass is 9.91. The van der Waals surface area contributed by atoms with E-state index in [0.717, 1.165) is 25.7 Å². The lowest BCUT2D eigenvalue weighted by Gasteiger charge is -2.32. The molecular formula is C15H25N3O3S. The van der Waals surface area contributed by atoms with Crippen LogP contribution in [0.25, 0.3) is 0 Å². The molecule has 0 spiro atoms. The fourth-order valence-corrected chi connectivity index (χ4v) is 5.59. The second-order valence-corrected chi connectivity index (χ2v) is 8.67. The fraction of sp³-hybridized carbons (Fsp3) is 0.867. The summed E-state index contributed by atoms with van der Waals surface area (Å²) < 4.78 is 32.3. The highest BCUT2D eigenvalue weighted by Crippen LogP contribution is 2.30. The lowest BCUT2D eigenvalue weighted by Crippen LogP contribution is -2.41. The molecule has 7 heteroatoms. The zero-order chi connectivity index (χ0) is 15.6. The Morgan fingerprint density at radius 3 is 2.64 bits per heavy atom. The van der Waals surface area contributed by atoms with Crippen molar-refractivity contribution < 1.29 is 12.9 Å². The Labute approximate surface area is 132 Å². The van der Waals surface area contributed by atoms with Crippen molar-refractivity contribution in [3.8, 4) is 0 Å². The van der Waals surface area contributed by atoms with Crippen molar-refractivity contribution >= 4 is 10.0 Å². The number of rotatable bonds is 4. The number of aryl methyl sites for hydroxylation is 1. The molecule has 1 aliphatic heterocycles. The molecule has 1 atom stereocenters. The highest BCUT2D eigenvalue weighted by molar-refractivity contribution is 7.89. The molecule has 1 saturated carbocycles. The third kappa shape index (κ3) is 3.68. The topological polar surface area (TPSA) is 76.3 Å². The molecule has 1 saturated heterocycles. The molecule has 0 N–H and O–H groups in total. The van der Waals surface area contributed by atoms with E-state index in [2.05, 4.69) is 10.1 Å². The highest BCUT2D eigenvalue weighted by Gasteiger charge is 2.33. The number of hydrogen-bond acceptors (Lipinski definition) is 5. The van der Waals surface area contributed by atoms with Crippen molar-refractivity contribution in [2.45, 2.75) is 57.8 Å². The van der Waals surface area contributed by atoms with E-state index in [4.69, 9.17) is 4.52 Å². The predicted octanol–water partition coefficient (Wildman–Crippen LogP) is 2.47. The van der Waals surface area contributed by atoms with E-state index in [1.165, 1.54) is 19.3 Å². The van der Waals surface area contributed by atoms with Crippen LogP contribution < -0.4 is 0 Å². The number of aromatic nitrogens is 2. The normalized spacial score (nSPS) is 25.4. The average Bonchev–Trinajstić information content (AvgIpc) is 2.95. The lowest BCUT2D eigenvalue weighted by molar-refractivity contribution is 0.263. The van der Waals surface area contributed by atoms with Crippen LogP contribution in [0.2, 0.25) is 0 Å². The molecular weight excluding hydrogens is 302 g/mol. The van der Waals surface area contributed by atoms with Gasteiger partial charge in [-0.15, -0.1) is 0 Å². The van der Waals surface area contributed by atoms with E-state index in [9.17, 15) is 8.42 Å². The number of piperidine rings is 1. The van der Waals surface area contributed by atoms with E-state index < -0.39 is 10.0 Å². The van der Waals surface area contributed by atoms with Crippen molar-refractivity contribution in [1.82, 2.24) is 14.4 Å². The second-order valence-electron chi connectivity index (χ2n) is 6.66. The van der Waals surface area contributed by atoms with Crippen LogP contribution in [0, 0.1) is 12.8 Å². The van der Waals surface area contributed by atoms with Gasteiger partial charge in [0.25, 0.3) is 0 Å². The maximum Gasteiger partial charge on any atom is 0.231 e. The van der Waals surface area contributed by atoms with Crippen LogP contribution in [-0.2, 0) is 10.0 Å². The summed E-state index contributed by atoms with van der Waals surface area (Å²) in [6, 6.07) is 0. The zero-order valence-electron chi connectivity index (χ0n) is 13.2. The van der Waals surface area contributed by atoms with Crippen LogP contribution in [0.15, 0.2) is 4.52 Å². The van der Waals surface area contributed by atoms with Crippen LogP contribution in [0.5, 0.6) is 0 Å². The largest absolute Gasteiger partial charge is 0.339 e. The van der Waals surface area contributed by atoms with E-state index in [1.807, 2.05) is 0 Å². The molecule has 0 amide bonds. The monoisotopic (exact) mass is 327 g/mol. The second kappa shape index (κ2) is 6.66. The van der Waals surface area contributed by atoms with Crippen LogP contribution in [0.1, 0.15) is 62.6 Å². The van der Waals surface area contributed by atoms with Crippen molar-refractivity contribution in [1.29, 1.82) is 0 Å². The first-order valence-corrected chi connectivity index (χ1v) is 9.93. The van der Waals surface area contributed by atoms with Crippen molar-refractivity contribution in [2.24, 2.45) is 5.92 Å². The number of hydrogen-bond donors (Lipinski definition) is 0. The third-order valence-electron chi connectivity index (χ3n) is 4.84. The Hall–Kier alpha value is -0.950. The minimum Gasteiger partial charge on any atom is -0.339 e. The molecule has 0 bridgehead atoms. The minimum atomic E-state index is -3.17. The standard InChI is InChI=1S/C15H25N3O3S/c1-12-16-15(21-17-12)14-8-5-9-18(10-14)22(19,20)11-13-6-3-2-4-7-13/h13-14H,2-11H2,1H3/t14-/m0/s1. The summed E-state index contributed by atoms with van der Waals surface area (Å²) in [5.74, 6) is 1.87. The van der Waals surface area contributed by atoms with Gasteiger partial charge in [0.15, 0.2) is 5.82 Å². The molecule has 2 heterocycles. The smallest absolute Gasteiger partial charge is 0.231 e. The molecule has 6 nitrogen and oxygen atoms in total. The molecule has 2 aliphatic rings. The first-order chi connectivity index (χ1) is 10.5. The highest BCUT2D eigenvalue weighted by atomic mass is 32.2. The average molecular weight is 327 g/mol.